The Morgan fingerprint density at radius 3 is 2.80 bits per heavy atom. The molecule has 1 atom stereocenters. The smallest absolute Gasteiger partial charge is 0.263 e. The van der Waals surface area contributed by atoms with E-state index in [1.165, 1.54) is 4.57 Å². The third kappa shape index (κ3) is 2.46. The van der Waals surface area contributed by atoms with Crippen molar-refractivity contribution in [3.63, 3.8) is 0 Å². The van der Waals surface area contributed by atoms with E-state index >= 15 is 0 Å². The van der Waals surface area contributed by atoms with Crippen molar-refractivity contribution in [1.82, 2.24) is 9.47 Å². The summed E-state index contributed by atoms with van der Waals surface area (Å²) in [4.78, 5) is 26.3. The van der Waals surface area contributed by atoms with Gasteiger partial charge in [-0.05, 0) is 38.8 Å². The molecule has 1 aliphatic rings. The number of hydrogen-bond acceptors (Lipinski definition) is 3. The summed E-state index contributed by atoms with van der Waals surface area (Å²) >= 11 is 0. The van der Waals surface area contributed by atoms with Crippen LogP contribution in [-0.2, 0) is 7.05 Å². The molecule has 1 aromatic rings. The van der Waals surface area contributed by atoms with Gasteiger partial charge in [0.25, 0.3) is 11.5 Å². The van der Waals surface area contributed by atoms with E-state index in [0.29, 0.717) is 13.1 Å². The number of aryl methyl sites for hydroxylation is 1. The van der Waals surface area contributed by atoms with Crippen LogP contribution in [-0.4, -0.2) is 28.5 Å². The number of likely N-dealkylation sites (tertiary alicyclic amines) is 1. The second kappa shape index (κ2) is 5.12. The first-order valence-electron chi connectivity index (χ1n) is 6.75. The van der Waals surface area contributed by atoms with Gasteiger partial charge >= 0.3 is 0 Å². The highest BCUT2D eigenvalue weighted by atomic mass is 16.2. The molecule has 1 amide bonds. The normalized spacial score (nSPS) is 22.4. The highest BCUT2D eigenvalue weighted by molar-refractivity contribution is 5.94. The van der Waals surface area contributed by atoms with Crippen LogP contribution in [0.3, 0.4) is 0 Å². The topological polar surface area (TPSA) is 66.1 Å². The van der Waals surface area contributed by atoms with E-state index < -0.39 is 5.41 Å². The number of nitriles is 1. The summed E-state index contributed by atoms with van der Waals surface area (Å²) in [5, 5.41) is 9.20. The third-order valence-electron chi connectivity index (χ3n) is 4.04. The van der Waals surface area contributed by atoms with Gasteiger partial charge in [0.05, 0.1) is 11.5 Å². The fourth-order valence-electron chi connectivity index (χ4n) is 2.57. The second-order valence-electron chi connectivity index (χ2n) is 5.76. The van der Waals surface area contributed by atoms with E-state index in [9.17, 15) is 14.9 Å². The van der Waals surface area contributed by atoms with Crippen molar-refractivity contribution in [2.45, 2.75) is 26.7 Å². The van der Waals surface area contributed by atoms with Crippen molar-refractivity contribution in [3.05, 3.63) is 33.7 Å². The molecule has 2 heterocycles. The van der Waals surface area contributed by atoms with Crippen LogP contribution >= 0.6 is 0 Å². The monoisotopic (exact) mass is 273 g/mol. The Balaban J connectivity index is 2.31. The molecule has 0 aliphatic carbocycles. The lowest BCUT2D eigenvalue weighted by atomic mass is 9.83. The van der Waals surface area contributed by atoms with Gasteiger partial charge < -0.3 is 9.47 Å². The SMILES string of the molecule is Cc1ccc(C(=O)N2CCC[C@](C)(C#N)C2)c(=O)n1C. The van der Waals surface area contributed by atoms with Crippen LogP contribution in [0.15, 0.2) is 16.9 Å². The van der Waals surface area contributed by atoms with Gasteiger partial charge in [-0.3, -0.25) is 9.59 Å². The summed E-state index contributed by atoms with van der Waals surface area (Å²) in [6.07, 6.45) is 1.58. The number of nitrogens with zero attached hydrogens (tertiary/aromatic N) is 3. The van der Waals surface area contributed by atoms with Crippen molar-refractivity contribution in [3.8, 4) is 6.07 Å². The van der Waals surface area contributed by atoms with Gasteiger partial charge in [-0.25, -0.2) is 0 Å². The van der Waals surface area contributed by atoms with Crippen LogP contribution in [0.25, 0.3) is 0 Å². The van der Waals surface area contributed by atoms with E-state index in [4.69, 9.17) is 0 Å². The Kier molecular flexibility index (Phi) is 3.67. The van der Waals surface area contributed by atoms with Gasteiger partial charge in [0.15, 0.2) is 0 Å². The van der Waals surface area contributed by atoms with Gasteiger partial charge in [0.2, 0.25) is 0 Å². The first kappa shape index (κ1) is 14.3. The number of piperidine rings is 1. The van der Waals surface area contributed by atoms with Crippen LogP contribution in [0.5, 0.6) is 0 Å². The Hall–Kier alpha value is -2.09. The fourth-order valence-corrected chi connectivity index (χ4v) is 2.57. The quantitative estimate of drug-likeness (QED) is 0.778. The average molecular weight is 273 g/mol. The summed E-state index contributed by atoms with van der Waals surface area (Å²) in [5.41, 5.74) is 0.204. The molecule has 0 saturated carbocycles. The zero-order chi connectivity index (χ0) is 14.9. The molecule has 106 valence electrons. The molecule has 5 heteroatoms. The van der Waals surface area contributed by atoms with Crippen LogP contribution in [0, 0.1) is 23.7 Å². The first-order chi connectivity index (χ1) is 9.38. The lowest BCUT2D eigenvalue weighted by Crippen LogP contribution is -2.46. The molecular weight excluding hydrogens is 254 g/mol. The molecule has 5 nitrogen and oxygen atoms in total. The van der Waals surface area contributed by atoms with E-state index in [2.05, 4.69) is 6.07 Å². The third-order valence-corrected chi connectivity index (χ3v) is 4.04. The summed E-state index contributed by atoms with van der Waals surface area (Å²) < 4.78 is 1.47. The van der Waals surface area contributed by atoms with Crippen molar-refractivity contribution in [2.75, 3.05) is 13.1 Å². The lowest BCUT2D eigenvalue weighted by Gasteiger charge is -2.35. The molecule has 0 unspecified atom stereocenters. The maximum absolute atomic E-state index is 12.5. The summed E-state index contributed by atoms with van der Waals surface area (Å²) in [5.74, 6) is -0.272. The number of carbonyl (C=O) groups is 1. The average Bonchev–Trinajstić information content (AvgIpc) is 2.44. The molecule has 20 heavy (non-hydrogen) atoms. The molecule has 1 aliphatic heterocycles. The van der Waals surface area contributed by atoms with Gasteiger partial charge in [-0.15, -0.1) is 0 Å². The fraction of sp³-hybridized carbons (Fsp3) is 0.533. The van der Waals surface area contributed by atoms with E-state index in [1.807, 2.05) is 13.8 Å². The second-order valence-corrected chi connectivity index (χ2v) is 5.76. The molecule has 1 saturated heterocycles. The lowest BCUT2D eigenvalue weighted by molar-refractivity contribution is 0.0627. The summed E-state index contributed by atoms with van der Waals surface area (Å²) in [6, 6.07) is 5.62. The highest BCUT2D eigenvalue weighted by Gasteiger charge is 2.34. The van der Waals surface area contributed by atoms with Crippen LogP contribution in [0.1, 0.15) is 35.8 Å². The van der Waals surface area contributed by atoms with Crippen molar-refractivity contribution >= 4 is 5.91 Å². The van der Waals surface area contributed by atoms with Crippen LogP contribution in [0.2, 0.25) is 0 Å². The van der Waals surface area contributed by atoms with Crippen LogP contribution < -0.4 is 5.56 Å². The standard InChI is InChI=1S/C15H19N3O2/c1-11-5-6-12(13(19)17(11)3)14(20)18-8-4-7-15(2,9-16)10-18/h5-6H,4,7-8,10H2,1-3H3/t15-/m1/s1. The van der Waals surface area contributed by atoms with E-state index in [0.717, 1.165) is 18.5 Å². The minimum atomic E-state index is -0.510. The van der Waals surface area contributed by atoms with Gasteiger partial charge in [-0.1, -0.05) is 0 Å². The Labute approximate surface area is 118 Å². The predicted octanol–water partition coefficient (Wildman–Crippen LogP) is 1.46. The molecule has 1 aromatic heterocycles. The minimum Gasteiger partial charge on any atom is -0.337 e. The minimum absolute atomic E-state index is 0.181. The molecule has 0 N–H and O–H groups in total. The molecule has 0 aromatic carbocycles. The van der Waals surface area contributed by atoms with Crippen molar-refractivity contribution in [1.29, 1.82) is 5.26 Å². The molecular formula is C15H19N3O2. The van der Waals surface area contributed by atoms with E-state index in [-0.39, 0.29) is 17.0 Å². The molecule has 0 bridgehead atoms. The molecule has 1 fully saturated rings. The Morgan fingerprint density at radius 1 is 1.45 bits per heavy atom. The van der Waals surface area contributed by atoms with Gasteiger partial charge in [0.1, 0.15) is 5.56 Å². The van der Waals surface area contributed by atoms with Gasteiger partial charge in [0, 0.05) is 25.8 Å². The number of carbonyl (C=O) groups excluding carboxylic acids is 1. The number of aromatic nitrogens is 1. The van der Waals surface area contributed by atoms with Crippen LogP contribution in [0.4, 0.5) is 0 Å². The number of pyridine rings is 1. The van der Waals surface area contributed by atoms with Crippen molar-refractivity contribution < 1.29 is 4.79 Å². The van der Waals surface area contributed by atoms with Gasteiger partial charge in [-0.2, -0.15) is 5.26 Å². The first-order valence-corrected chi connectivity index (χ1v) is 6.75. The largest absolute Gasteiger partial charge is 0.337 e. The molecule has 0 spiro atoms. The predicted molar refractivity (Wildman–Crippen MR) is 75.3 cm³/mol. The Bertz CT molecular complexity index is 641. The molecule has 0 radical (unpaired) electrons. The summed E-state index contributed by atoms with van der Waals surface area (Å²) in [6.45, 7) is 4.68. The molecule has 2 rings (SSSR count). The zero-order valence-corrected chi connectivity index (χ0v) is 12.1. The summed E-state index contributed by atoms with van der Waals surface area (Å²) in [7, 11) is 1.66. The highest BCUT2D eigenvalue weighted by Crippen LogP contribution is 2.28. The number of hydrogen-bond donors (Lipinski definition) is 0. The maximum atomic E-state index is 12.5. The number of rotatable bonds is 1. The zero-order valence-electron chi connectivity index (χ0n) is 12.1. The number of amides is 1. The van der Waals surface area contributed by atoms with Crippen molar-refractivity contribution in [2.24, 2.45) is 12.5 Å². The van der Waals surface area contributed by atoms with E-state index in [1.54, 1.807) is 24.1 Å². The maximum Gasteiger partial charge on any atom is 0.263 e. The Morgan fingerprint density at radius 2 is 2.15 bits per heavy atom.